The lowest BCUT2D eigenvalue weighted by Gasteiger charge is -2.40. The van der Waals surface area contributed by atoms with Crippen LogP contribution in [-0.2, 0) is 9.53 Å². The van der Waals surface area contributed by atoms with Gasteiger partial charge in [-0.3, -0.25) is 4.79 Å². The summed E-state index contributed by atoms with van der Waals surface area (Å²) in [5.41, 5.74) is 0. The highest BCUT2D eigenvalue weighted by Gasteiger charge is 2.41. The Morgan fingerprint density at radius 2 is 2.21 bits per heavy atom. The van der Waals surface area contributed by atoms with Crippen LogP contribution in [-0.4, -0.2) is 49.7 Å². The van der Waals surface area contributed by atoms with Gasteiger partial charge in [0.15, 0.2) is 0 Å². The van der Waals surface area contributed by atoms with Gasteiger partial charge in [0.05, 0.1) is 12.1 Å². The van der Waals surface area contributed by atoms with Gasteiger partial charge in [0, 0.05) is 19.7 Å². The monoisotopic (exact) mass is 198 g/mol. The molecule has 1 saturated heterocycles. The molecule has 0 radical (unpaired) electrons. The average molecular weight is 198 g/mol. The largest absolute Gasteiger partial charge is 0.381 e. The summed E-state index contributed by atoms with van der Waals surface area (Å²) in [7, 11) is 3.59. The molecule has 0 spiro atoms. The maximum absolute atomic E-state index is 11.8. The van der Waals surface area contributed by atoms with Gasteiger partial charge in [0.2, 0.25) is 5.91 Å². The van der Waals surface area contributed by atoms with Crippen LogP contribution in [0, 0.1) is 0 Å². The predicted octanol–water partition coefficient (Wildman–Crippen LogP) is -0.0159. The number of hydrogen-bond donors (Lipinski definition) is 1. The number of carbonyl (C=O) groups excluding carboxylic acids is 1. The van der Waals surface area contributed by atoms with Crippen LogP contribution in [0.2, 0.25) is 0 Å². The van der Waals surface area contributed by atoms with E-state index in [-0.39, 0.29) is 11.9 Å². The second-order valence-corrected chi connectivity index (χ2v) is 4.14. The maximum Gasteiger partial charge on any atom is 0.240 e. The van der Waals surface area contributed by atoms with Crippen molar-refractivity contribution in [2.45, 2.75) is 37.5 Å². The van der Waals surface area contributed by atoms with Crippen molar-refractivity contribution in [1.29, 1.82) is 0 Å². The highest BCUT2D eigenvalue weighted by Crippen LogP contribution is 2.30. The zero-order chi connectivity index (χ0) is 10.1. The molecule has 4 heteroatoms. The zero-order valence-electron chi connectivity index (χ0n) is 8.82. The standard InChI is InChI=1S/C10H18N2O2/c1-11-9-3-4-12(10(9)13)7-5-8(6-7)14-2/h7-9,11H,3-6H2,1-2H3. The van der Waals surface area contributed by atoms with Crippen molar-refractivity contribution in [3.05, 3.63) is 0 Å². The molecule has 4 nitrogen and oxygen atoms in total. The smallest absolute Gasteiger partial charge is 0.240 e. The minimum Gasteiger partial charge on any atom is -0.381 e. The van der Waals surface area contributed by atoms with Gasteiger partial charge in [-0.25, -0.2) is 0 Å². The molecule has 1 heterocycles. The van der Waals surface area contributed by atoms with Crippen LogP contribution in [0.1, 0.15) is 19.3 Å². The topological polar surface area (TPSA) is 41.6 Å². The van der Waals surface area contributed by atoms with Crippen LogP contribution in [0.5, 0.6) is 0 Å². The van der Waals surface area contributed by atoms with Gasteiger partial charge in [-0.15, -0.1) is 0 Å². The van der Waals surface area contributed by atoms with Crippen molar-refractivity contribution in [3.63, 3.8) is 0 Å². The first-order valence-corrected chi connectivity index (χ1v) is 5.26. The van der Waals surface area contributed by atoms with E-state index < -0.39 is 0 Å². The van der Waals surface area contributed by atoms with Gasteiger partial charge in [-0.05, 0) is 26.3 Å². The zero-order valence-corrected chi connectivity index (χ0v) is 8.82. The third-order valence-electron chi connectivity index (χ3n) is 3.43. The van der Waals surface area contributed by atoms with Crippen molar-refractivity contribution >= 4 is 5.91 Å². The van der Waals surface area contributed by atoms with Crippen LogP contribution in [0.15, 0.2) is 0 Å². The highest BCUT2D eigenvalue weighted by atomic mass is 16.5. The van der Waals surface area contributed by atoms with Crippen molar-refractivity contribution in [2.24, 2.45) is 0 Å². The summed E-state index contributed by atoms with van der Waals surface area (Å²) in [5, 5.41) is 3.05. The Kier molecular flexibility index (Phi) is 2.74. The van der Waals surface area contributed by atoms with E-state index in [9.17, 15) is 4.79 Å². The number of methoxy groups -OCH3 is 1. The Morgan fingerprint density at radius 3 is 2.71 bits per heavy atom. The Labute approximate surface area is 84.6 Å². The summed E-state index contributed by atoms with van der Waals surface area (Å²) < 4.78 is 5.21. The van der Waals surface area contributed by atoms with E-state index in [0.717, 1.165) is 25.8 Å². The predicted molar refractivity (Wildman–Crippen MR) is 53.0 cm³/mol. The first-order chi connectivity index (χ1) is 6.76. The van der Waals surface area contributed by atoms with Crippen molar-refractivity contribution in [3.8, 4) is 0 Å². The van der Waals surface area contributed by atoms with Gasteiger partial charge in [0.1, 0.15) is 0 Å². The van der Waals surface area contributed by atoms with Gasteiger partial charge in [-0.2, -0.15) is 0 Å². The Balaban J connectivity index is 1.86. The molecule has 80 valence electrons. The Bertz CT molecular complexity index is 226. The maximum atomic E-state index is 11.8. The molecular formula is C10H18N2O2. The fourth-order valence-corrected chi connectivity index (χ4v) is 2.32. The van der Waals surface area contributed by atoms with E-state index in [0.29, 0.717) is 12.1 Å². The van der Waals surface area contributed by atoms with Crippen LogP contribution >= 0.6 is 0 Å². The quantitative estimate of drug-likeness (QED) is 0.693. The summed E-state index contributed by atoms with van der Waals surface area (Å²) in [5.74, 6) is 0.270. The summed E-state index contributed by atoms with van der Waals surface area (Å²) in [6.07, 6.45) is 3.35. The van der Waals surface area contributed by atoms with Gasteiger partial charge >= 0.3 is 0 Å². The van der Waals surface area contributed by atoms with E-state index in [2.05, 4.69) is 5.32 Å². The molecule has 2 rings (SSSR count). The number of nitrogens with one attached hydrogen (secondary N) is 1. The molecule has 2 aliphatic rings. The molecule has 1 aliphatic carbocycles. The molecule has 0 aromatic heterocycles. The molecule has 1 amide bonds. The van der Waals surface area contributed by atoms with Gasteiger partial charge < -0.3 is 15.0 Å². The van der Waals surface area contributed by atoms with Crippen molar-refractivity contribution in [2.75, 3.05) is 20.7 Å². The molecule has 0 aromatic rings. The summed E-state index contributed by atoms with van der Waals surface area (Å²) in [6.45, 7) is 0.908. The molecule has 0 bridgehead atoms. The lowest BCUT2D eigenvalue weighted by molar-refractivity contribution is -0.135. The van der Waals surface area contributed by atoms with E-state index in [1.165, 1.54) is 0 Å². The molecule has 0 aromatic carbocycles. The van der Waals surface area contributed by atoms with Gasteiger partial charge in [-0.1, -0.05) is 0 Å². The van der Waals surface area contributed by atoms with Crippen LogP contribution in [0.3, 0.4) is 0 Å². The second-order valence-electron chi connectivity index (χ2n) is 4.14. The normalized spacial score (nSPS) is 37.4. The van der Waals surface area contributed by atoms with E-state index in [1.807, 2.05) is 11.9 Å². The number of nitrogens with zero attached hydrogens (tertiary/aromatic N) is 1. The Hall–Kier alpha value is -0.610. The van der Waals surface area contributed by atoms with Gasteiger partial charge in [0.25, 0.3) is 0 Å². The van der Waals surface area contributed by atoms with Crippen molar-refractivity contribution in [1.82, 2.24) is 10.2 Å². The molecular weight excluding hydrogens is 180 g/mol. The summed E-state index contributed by atoms with van der Waals surface area (Å²) in [4.78, 5) is 13.8. The third kappa shape index (κ3) is 1.53. The summed E-state index contributed by atoms with van der Waals surface area (Å²) >= 11 is 0. The van der Waals surface area contributed by atoms with E-state index in [1.54, 1.807) is 7.11 Å². The molecule has 14 heavy (non-hydrogen) atoms. The highest BCUT2D eigenvalue weighted by molar-refractivity contribution is 5.84. The molecule has 1 atom stereocenters. The molecule has 1 unspecified atom stereocenters. The van der Waals surface area contributed by atoms with Crippen LogP contribution in [0.25, 0.3) is 0 Å². The SMILES string of the molecule is CNC1CCN(C2CC(OC)C2)C1=O. The Morgan fingerprint density at radius 1 is 1.50 bits per heavy atom. The third-order valence-corrected chi connectivity index (χ3v) is 3.43. The molecule has 2 fully saturated rings. The number of ether oxygens (including phenoxy) is 1. The van der Waals surface area contributed by atoms with Crippen LogP contribution in [0.4, 0.5) is 0 Å². The fourth-order valence-electron chi connectivity index (χ4n) is 2.32. The first kappa shape index (κ1) is 9.93. The summed E-state index contributed by atoms with van der Waals surface area (Å²) in [6, 6.07) is 0.488. The first-order valence-electron chi connectivity index (χ1n) is 5.26. The molecule has 1 saturated carbocycles. The van der Waals surface area contributed by atoms with Crippen LogP contribution < -0.4 is 5.32 Å². The molecule has 1 N–H and O–H groups in total. The number of carbonyl (C=O) groups is 1. The van der Waals surface area contributed by atoms with Crippen molar-refractivity contribution < 1.29 is 9.53 Å². The number of hydrogen-bond acceptors (Lipinski definition) is 3. The van der Waals surface area contributed by atoms with E-state index >= 15 is 0 Å². The number of likely N-dealkylation sites (N-methyl/N-ethyl adjacent to an activating group) is 1. The lowest BCUT2D eigenvalue weighted by Crippen LogP contribution is -2.50. The minimum atomic E-state index is 0.0524. The average Bonchev–Trinajstić information content (AvgIpc) is 2.46. The minimum absolute atomic E-state index is 0.0524. The van der Waals surface area contributed by atoms with E-state index in [4.69, 9.17) is 4.74 Å². The fraction of sp³-hybridized carbons (Fsp3) is 0.900. The lowest BCUT2D eigenvalue weighted by atomic mass is 9.88. The number of amides is 1. The molecule has 1 aliphatic heterocycles. The number of likely N-dealkylation sites (tertiary alicyclic amines) is 1. The number of rotatable bonds is 3. The second kappa shape index (κ2) is 3.87.